The van der Waals surface area contributed by atoms with Gasteiger partial charge in [0.25, 0.3) is 0 Å². The van der Waals surface area contributed by atoms with Crippen LogP contribution in [0.4, 0.5) is 0 Å². The zero-order chi connectivity index (χ0) is 13.3. The summed E-state index contributed by atoms with van der Waals surface area (Å²) < 4.78 is 9.38. The second kappa shape index (κ2) is 8.32. The molecule has 0 rings (SSSR count). The van der Waals surface area contributed by atoms with Crippen molar-refractivity contribution in [3.8, 4) is 0 Å². The zero-order valence-corrected chi connectivity index (χ0v) is 10.1. The van der Waals surface area contributed by atoms with Gasteiger partial charge < -0.3 is 14.4 Å². The number of carbonyl (C=O) groups is 3. The van der Waals surface area contributed by atoms with Crippen molar-refractivity contribution in [1.82, 2.24) is 4.90 Å². The Labute approximate surface area is 100 Å². The van der Waals surface area contributed by atoms with Gasteiger partial charge in [-0.3, -0.25) is 14.4 Å². The molecule has 0 aliphatic carbocycles. The average molecular weight is 243 g/mol. The Bertz CT molecular complexity index is 280. The van der Waals surface area contributed by atoms with Crippen molar-refractivity contribution in [3.05, 3.63) is 12.7 Å². The van der Waals surface area contributed by atoms with Gasteiger partial charge in [0.15, 0.2) is 0 Å². The lowest BCUT2D eigenvalue weighted by molar-refractivity contribution is -0.152. The fourth-order valence-corrected chi connectivity index (χ4v) is 1.07. The van der Waals surface area contributed by atoms with Gasteiger partial charge in [0.05, 0.1) is 13.2 Å². The maximum Gasteiger partial charge on any atom is 0.325 e. The van der Waals surface area contributed by atoms with Crippen LogP contribution in [0.1, 0.15) is 13.8 Å². The van der Waals surface area contributed by atoms with Gasteiger partial charge in [-0.1, -0.05) is 6.58 Å². The molecule has 0 N–H and O–H groups in total. The average Bonchev–Trinajstić information content (AvgIpc) is 2.27. The van der Waals surface area contributed by atoms with E-state index in [0.29, 0.717) is 0 Å². The number of esters is 2. The molecule has 6 heteroatoms. The lowest BCUT2D eigenvalue weighted by Gasteiger charge is -2.18. The van der Waals surface area contributed by atoms with Crippen molar-refractivity contribution in [2.24, 2.45) is 0 Å². The molecule has 96 valence electrons. The van der Waals surface area contributed by atoms with Crippen LogP contribution in [-0.2, 0) is 23.9 Å². The molecule has 0 unspecified atom stereocenters. The molecule has 0 fully saturated rings. The van der Waals surface area contributed by atoms with E-state index < -0.39 is 17.8 Å². The highest BCUT2D eigenvalue weighted by Crippen LogP contribution is 1.95. The normalized spacial score (nSPS) is 9.29. The summed E-state index contributed by atoms with van der Waals surface area (Å²) >= 11 is 0. The molecule has 6 nitrogen and oxygen atoms in total. The first-order valence-corrected chi connectivity index (χ1v) is 5.27. The molecule has 0 atom stereocenters. The van der Waals surface area contributed by atoms with Crippen molar-refractivity contribution < 1.29 is 23.9 Å². The monoisotopic (exact) mass is 243 g/mol. The quantitative estimate of drug-likeness (QED) is 0.469. The lowest BCUT2D eigenvalue weighted by atomic mass is 10.4. The molecule has 0 bridgehead atoms. The van der Waals surface area contributed by atoms with Crippen molar-refractivity contribution >= 4 is 17.8 Å². The highest BCUT2D eigenvalue weighted by Gasteiger charge is 2.19. The van der Waals surface area contributed by atoms with Crippen molar-refractivity contribution in [2.45, 2.75) is 13.8 Å². The summed E-state index contributed by atoms with van der Waals surface area (Å²) in [6, 6.07) is 0. The molecule has 0 saturated carbocycles. The summed E-state index contributed by atoms with van der Waals surface area (Å²) in [7, 11) is 0. The number of hydrogen-bond donors (Lipinski definition) is 0. The van der Waals surface area contributed by atoms with Gasteiger partial charge in [-0.15, -0.1) is 0 Å². The van der Waals surface area contributed by atoms with Gasteiger partial charge in [0, 0.05) is 0 Å². The van der Waals surface area contributed by atoms with Crippen molar-refractivity contribution in [3.63, 3.8) is 0 Å². The summed E-state index contributed by atoms with van der Waals surface area (Å²) in [5.41, 5.74) is 0. The number of rotatable bonds is 7. The Balaban J connectivity index is 4.43. The Morgan fingerprint density at radius 3 is 1.76 bits per heavy atom. The molecule has 0 aromatic heterocycles. The van der Waals surface area contributed by atoms with Gasteiger partial charge in [0.2, 0.25) is 5.91 Å². The van der Waals surface area contributed by atoms with Crippen LogP contribution in [-0.4, -0.2) is 49.0 Å². The molecular formula is C11H17NO5. The first-order chi connectivity index (χ1) is 8.04. The highest BCUT2D eigenvalue weighted by molar-refractivity contribution is 5.92. The molecule has 0 heterocycles. The molecular weight excluding hydrogens is 226 g/mol. The predicted octanol–water partition coefficient (Wildman–Crippen LogP) is 0.127. The highest BCUT2D eigenvalue weighted by atomic mass is 16.5. The Morgan fingerprint density at radius 1 is 1.06 bits per heavy atom. The van der Waals surface area contributed by atoms with Gasteiger partial charge in [-0.2, -0.15) is 0 Å². The molecule has 0 aromatic rings. The second-order valence-electron chi connectivity index (χ2n) is 3.01. The van der Waals surface area contributed by atoms with E-state index in [-0.39, 0.29) is 26.3 Å². The summed E-state index contributed by atoms with van der Waals surface area (Å²) in [5.74, 6) is -1.68. The van der Waals surface area contributed by atoms with Crippen LogP contribution in [0.25, 0.3) is 0 Å². The van der Waals surface area contributed by atoms with Crippen LogP contribution in [0.2, 0.25) is 0 Å². The minimum atomic E-state index is -0.577. The molecule has 0 radical (unpaired) electrons. The third kappa shape index (κ3) is 6.34. The smallest absolute Gasteiger partial charge is 0.325 e. The van der Waals surface area contributed by atoms with E-state index in [2.05, 4.69) is 16.1 Å². The van der Waals surface area contributed by atoms with E-state index in [4.69, 9.17) is 0 Å². The number of ether oxygens (including phenoxy) is 2. The Hall–Kier alpha value is -1.85. The first kappa shape index (κ1) is 15.2. The number of amides is 1. The minimum absolute atomic E-state index is 0.217. The van der Waals surface area contributed by atoms with Crippen LogP contribution in [0.15, 0.2) is 12.7 Å². The van der Waals surface area contributed by atoms with E-state index in [1.54, 1.807) is 13.8 Å². The third-order valence-corrected chi connectivity index (χ3v) is 1.74. The summed E-state index contributed by atoms with van der Waals surface area (Å²) in [4.78, 5) is 34.8. The third-order valence-electron chi connectivity index (χ3n) is 1.74. The SMILES string of the molecule is C=CC(=O)N(CC(=O)OCC)CC(=O)OCC. The largest absolute Gasteiger partial charge is 0.465 e. The van der Waals surface area contributed by atoms with Crippen LogP contribution >= 0.6 is 0 Å². The van der Waals surface area contributed by atoms with Crippen molar-refractivity contribution in [2.75, 3.05) is 26.3 Å². The van der Waals surface area contributed by atoms with E-state index >= 15 is 0 Å². The van der Waals surface area contributed by atoms with Gasteiger partial charge in [-0.25, -0.2) is 0 Å². The van der Waals surface area contributed by atoms with E-state index in [0.717, 1.165) is 11.0 Å². The summed E-state index contributed by atoms with van der Waals surface area (Å²) in [6.07, 6.45) is 1.03. The summed E-state index contributed by atoms with van der Waals surface area (Å²) in [6.45, 7) is 6.45. The minimum Gasteiger partial charge on any atom is -0.465 e. The van der Waals surface area contributed by atoms with Crippen molar-refractivity contribution in [1.29, 1.82) is 0 Å². The summed E-state index contributed by atoms with van der Waals surface area (Å²) in [5, 5.41) is 0. The molecule has 0 aliphatic heterocycles. The lowest BCUT2D eigenvalue weighted by Crippen LogP contribution is -2.39. The molecule has 0 aliphatic rings. The van der Waals surface area contributed by atoms with Crippen LogP contribution in [0, 0.1) is 0 Å². The fourth-order valence-electron chi connectivity index (χ4n) is 1.07. The van der Waals surface area contributed by atoms with Gasteiger partial charge in [0.1, 0.15) is 13.1 Å². The van der Waals surface area contributed by atoms with E-state index in [1.165, 1.54) is 0 Å². The van der Waals surface area contributed by atoms with Crippen LogP contribution in [0.3, 0.4) is 0 Å². The van der Waals surface area contributed by atoms with E-state index in [1.807, 2.05) is 0 Å². The fraction of sp³-hybridized carbons (Fsp3) is 0.545. The standard InChI is InChI=1S/C11H17NO5/c1-4-9(13)12(7-10(14)16-5-2)8-11(15)17-6-3/h4H,1,5-8H2,2-3H3. The maximum atomic E-state index is 11.4. The molecule has 1 amide bonds. The Kier molecular flexibility index (Phi) is 7.41. The zero-order valence-electron chi connectivity index (χ0n) is 10.1. The first-order valence-electron chi connectivity index (χ1n) is 5.27. The second-order valence-corrected chi connectivity index (χ2v) is 3.01. The maximum absolute atomic E-state index is 11.4. The van der Waals surface area contributed by atoms with Gasteiger partial charge >= 0.3 is 11.9 Å². The topological polar surface area (TPSA) is 72.9 Å². The molecule has 0 saturated heterocycles. The Morgan fingerprint density at radius 2 is 1.47 bits per heavy atom. The number of hydrogen-bond acceptors (Lipinski definition) is 5. The van der Waals surface area contributed by atoms with Crippen LogP contribution < -0.4 is 0 Å². The number of nitrogens with zero attached hydrogens (tertiary/aromatic N) is 1. The predicted molar refractivity (Wildman–Crippen MR) is 60.0 cm³/mol. The van der Waals surface area contributed by atoms with E-state index in [9.17, 15) is 14.4 Å². The molecule has 0 aromatic carbocycles. The molecule has 0 spiro atoms. The molecule has 17 heavy (non-hydrogen) atoms. The van der Waals surface area contributed by atoms with Crippen LogP contribution in [0.5, 0.6) is 0 Å². The number of carbonyl (C=O) groups excluding carboxylic acids is 3. The van der Waals surface area contributed by atoms with Gasteiger partial charge in [-0.05, 0) is 19.9 Å².